The molecule has 0 amide bonds. The number of ether oxygens (including phenoxy) is 2. The Morgan fingerprint density at radius 1 is 0.938 bits per heavy atom. The van der Waals surface area contributed by atoms with Crippen molar-refractivity contribution in [2.45, 2.75) is 33.1 Å². The highest BCUT2D eigenvalue weighted by atomic mass is 35.5. The summed E-state index contributed by atoms with van der Waals surface area (Å²) in [7, 11) is 0. The van der Waals surface area contributed by atoms with Crippen LogP contribution in [-0.4, -0.2) is 17.6 Å². The second-order valence-electron chi connectivity index (χ2n) is 7.66. The number of hydrogen-bond donors (Lipinski definition) is 2. The van der Waals surface area contributed by atoms with Crippen LogP contribution in [0.2, 0.25) is 5.02 Å². The Kier molecular flexibility index (Phi) is 8.96. The van der Waals surface area contributed by atoms with Gasteiger partial charge in [0.2, 0.25) is 0 Å². The number of benzene rings is 3. The van der Waals surface area contributed by atoms with Crippen LogP contribution in [-0.2, 0) is 24.6 Å². The van der Waals surface area contributed by atoms with Crippen molar-refractivity contribution in [3.8, 4) is 11.5 Å². The average Bonchev–Trinajstić information content (AvgIpc) is 2.81. The molecule has 1 atom stereocenters. The first-order chi connectivity index (χ1) is 15.5. The van der Waals surface area contributed by atoms with E-state index in [1.807, 2.05) is 72.8 Å². The van der Waals surface area contributed by atoms with Gasteiger partial charge < -0.3 is 19.9 Å². The zero-order valence-corrected chi connectivity index (χ0v) is 18.8. The molecule has 0 fully saturated rings. The van der Waals surface area contributed by atoms with E-state index in [-0.39, 0.29) is 5.92 Å². The van der Waals surface area contributed by atoms with Crippen LogP contribution >= 0.6 is 11.6 Å². The molecule has 3 rings (SSSR count). The van der Waals surface area contributed by atoms with Crippen LogP contribution in [0.1, 0.15) is 30.0 Å². The number of hydrogen-bond acceptors (Lipinski definition) is 4. The van der Waals surface area contributed by atoms with Crippen molar-refractivity contribution in [3.05, 3.63) is 94.5 Å². The monoisotopic (exact) mass is 453 g/mol. The lowest BCUT2D eigenvalue weighted by Gasteiger charge is -2.17. The molecule has 168 valence electrons. The van der Waals surface area contributed by atoms with Gasteiger partial charge in [-0.15, -0.1) is 0 Å². The van der Waals surface area contributed by atoms with Crippen LogP contribution in [0.5, 0.6) is 11.5 Å². The van der Waals surface area contributed by atoms with Crippen LogP contribution < -0.4 is 14.8 Å². The van der Waals surface area contributed by atoms with E-state index in [0.29, 0.717) is 49.2 Å². The van der Waals surface area contributed by atoms with E-state index in [9.17, 15) is 4.79 Å². The van der Waals surface area contributed by atoms with Gasteiger partial charge in [0.1, 0.15) is 13.2 Å². The van der Waals surface area contributed by atoms with Crippen molar-refractivity contribution in [1.82, 2.24) is 5.32 Å². The molecule has 0 aliphatic carbocycles. The topological polar surface area (TPSA) is 67.8 Å². The number of aliphatic carboxylic acids is 1. The Hall–Kier alpha value is -3.02. The Balaban J connectivity index is 1.71. The van der Waals surface area contributed by atoms with Crippen molar-refractivity contribution in [2.75, 3.05) is 6.54 Å². The van der Waals surface area contributed by atoms with Crippen molar-refractivity contribution in [3.63, 3.8) is 0 Å². The molecule has 0 saturated carbocycles. The number of carbonyl (C=O) groups is 1. The molecule has 3 aromatic carbocycles. The molecule has 6 heteroatoms. The summed E-state index contributed by atoms with van der Waals surface area (Å²) >= 11 is 6.58. The molecule has 5 nitrogen and oxygen atoms in total. The number of rotatable bonds is 12. The molecule has 0 bridgehead atoms. The smallest absolute Gasteiger partial charge is 0.306 e. The molecule has 0 aliphatic heterocycles. The van der Waals surface area contributed by atoms with Gasteiger partial charge in [-0.25, -0.2) is 0 Å². The van der Waals surface area contributed by atoms with Crippen molar-refractivity contribution < 1.29 is 19.4 Å². The Labute approximate surface area is 194 Å². The molecule has 2 N–H and O–H groups in total. The highest BCUT2D eigenvalue weighted by Crippen LogP contribution is 2.37. The summed E-state index contributed by atoms with van der Waals surface area (Å²) in [6, 6.07) is 23.6. The minimum absolute atomic E-state index is 0.382. The van der Waals surface area contributed by atoms with E-state index in [4.69, 9.17) is 26.2 Å². The first-order valence-corrected chi connectivity index (χ1v) is 11.0. The summed E-state index contributed by atoms with van der Waals surface area (Å²) in [5, 5.41) is 12.8. The number of nitrogens with one attached hydrogen (secondary N) is 1. The average molecular weight is 454 g/mol. The summed E-state index contributed by atoms with van der Waals surface area (Å²) in [6.45, 7) is 3.62. The summed E-state index contributed by atoms with van der Waals surface area (Å²) in [4.78, 5) is 11.0. The van der Waals surface area contributed by atoms with E-state index < -0.39 is 5.97 Å². The fourth-order valence-corrected chi connectivity index (χ4v) is 3.40. The first-order valence-electron chi connectivity index (χ1n) is 10.6. The van der Waals surface area contributed by atoms with Gasteiger partial charge in [-0.3, -0.25) is 4.79 Å². The van der Waals surface area contributed by atoms with Gasteiger partial charge in [0, 0.05) is 6.54 Å². The molecule has 3 aromatic rings. The lowest BCUT2D eigenvalue weighted by atomic mass is 10.1. The number of carboxylic acids is 1. The predicted molar refractivity (Wildman–Crippen MR) is 126 cm³/mol. The zero-order chi connectivity index (χ0) is 22.8. The molecule has 0 saturated heterocycles. The van der Waals surface area contributed by atoms with Gasteiger partial charge in [-0.2, -0.15) is 0 Å². The van der Waals surface area contributed by atoms with Gasteiger partial charge in [-0.05, 0) is 41.8 Å². The fourth-order valence-electron chi connectivity index (χ4n) is 3.11. The SMILES string of the molecule is CC(CCNCc1cc(Cl)c(OCc2ccccc2)c(OCc2ccccc2)c1)C(=O)O. The maximum atomic E-state index is 11.0. The summed E-state index contributed by atoms with van der Waals surface area (Å²) in [6.07, 6.45) is 0.554. The lowest BCUT2D eigenvalue weighted by Crippen LogP contribution is -2.20. The number of carboxylic acid groups (broad SMARTS) is 1. The van der Waals surface area contributed by atoms with Crippen LogP contribution in [0.3, 0.4) is 0 Å². The highest BCUT2D eigenvalue weighted by Gasteiger charge is 2.14. The summed E-state index contributed by atoms with van der Waals surface area (Å²) in [5.41, 5.74) is 3.02. The standard InChI is InChI=1S/C26H28ClNO4/c1-19(26(29)30)12-13-28-16-22-14-23(27)25(32-18-21-10-6-3-7-11-21)24(15-22)31-17-20-8-4-2-5-9-20/h2-11,14-15,19,28H,12-13,16-18H2,1H3,(H,29,30). The third-order valence-corrected chi connectivity index (χ3v) is 5.32. The van der Waals surface area contributed by atoms with E-state index in [1.165, 1.54) is 0 Å². The van der Waals surface area contributed by atoms with Crippen molar-refractivity contribution in [1.29, 1.82) is 0 Å². The Morgan fingerprint density at radius 2 is 1.53 bits per heavy atom. The van der Waals surface area contributed by atoms with Gasteiger partial charge in [0.15, 0.2) is 11.5 Å². The normalized spacial score (nSPS) is 11.7. The second-order valence-corrected chi connectivity index (χ2v) is 8.07. The molecule has 0 radical (unpaired) electrons. The van der Waals surface area contributed by atoms with Crippen molar-refractivity contribution >= 4 is 17.6 Å². The van der Waals surface area contributed by atoms with Gasteiger partial charge in [0.25, 0.3) is 0 Å². The van der Waals surface area contributed by atoms with Crippen LogP contribution in [0.25, 0.3) is 0 Å². The molecule has 32 heavy (non-hydrogen) atoms. The van der Waals surface area contributed by atoms with E-state index in [2.05, 4.69) is 5.32 Å². The second kappa shape index (κ2) is 12.1. The molecule has 0 aliphatic rings. The van der Waals surface area contributed by atoms with Gasteiger partial charge in [-0.1, -0.05) is 79.2 Å². The van der Waals surface area contributed by atoms with Gasteiger partial charge >= 0.3 is 5.97 Å². The molecule has 0 heterocycles. The molecule has 0 aromatic heterocycles. The Morgan fingerprint density at radius 3 is 2.12 bits per heavy atom. The maximum absolute atomic E-state index is 11.0. The molecular weight excluding hydrogens is 426 g/mol. The maximum Gasteiger partial charge on any atom is 0.306 e. The third kappa shape index (κ3) is 7.29. The first kappa shape index (κ1) is 23.6. The number of halogens is 1. The van der Waals surface area contributed by atoms with Crippen LogP contribution in [0.4, 0.5) is 0 Å². The molecular formula is C26H28ClNO4. The minimum Gasteiger partial charge on any atom is -0.485 e. The summed E-state index contributed by atoms with van der Waals surface area (Å²) < 4.78 is 12.1. The van der Waals surface area contributed by atoms with E-state index in [1.54, 1.807) is 6.92 Å². The molecule has 0 spiro atoms. The van der Waals surface area contributed by atoms with Crippen molar-refractivity contribution in [2.24, 2.45) is 5.92 Å². The Bertz CT molecular complexity index is 995. The summed E-state index contributed by atoms with van der Waals surface area (Å²) in [5.74, 6) is -0.0846. The van der Waals surface area contributed by atoms with Crippen LogP contribution in [0, 0.1) is 5.92 Å². The quantitative estimate of drug-likeness (QED) is 0.344. The highest BCUT2D eigenvalue weighted by molar-refractivity contribution is 6.32. The zero-order valence-electron chi connectivity index (χ0n) is 18.1. The lowest BCUT2D eigenvalue weighted by molar-refractivity contribution is -0.141. The predicted octanol–water partition coefficient (Wildman–Crippen LogP) is 5.70. The molecule has 1 unspecified atom stereocenters. The third-order valence-electron chi connectivity index (χ3n) is 5.04. The van der Waals surface area contributed by atoms with E-state index in [0.717, 1.165) is 16.7 Å². The van der Waals surface area contributed by atoms with Crippen LogP contribution in [0.15, 0.2) is 72.8 Å². The minimum atomic E-state index is -0.786. The fraction of sp³-hybridized carbons (Fsp3) is 0.269. The van der Waals surface area contributed by atoms with Gasteiger partial charge in [0.05, 0.1) is 10.9 Å². The largest absolute Gasteiger partial charge is 0.485 e. The van der Waals surface area contributed by atoms with E-state index >= 15 is 0 Å².